The predicted molar refractivity (Wildman–Crippen MR) is 114 cm³/mol. The number of nitrogens with one attached hydrogen (secondary N) is 1. The van der Waals surface area contributed by atoms with Crippen molar-refractivity contribution < 1.29 is 22.3 Å². The van der Waals surface area contributed by atoms with Crippen LogP contribution in [0, 0.1) is 11.7 Å². The third kappa shape index (κ3) is 5.33. The van der Waals surface area contributed by atoms with Gasteiger partial charge in [0.1, 0.15) is 32.6 Å². The number of benzene rings is 1. The first kappa shape index (κ1) is 21.6. The normalized spacial score (nSPS) is 20.4. The van der Waals surface area contributed by atoms with Crippen molar-refractivity contribution in [1.82, 2.24) is 9.97 Å². The summed E-state index contributed by atoms with van der Waals surface area (Å²) in [7, 11) is -2.93. The van der Waals surface area contributed by atoms with E-state index in [1.165, 1.54) is 6.07 Å². The Balaban J connectivity index is 1.46. The molecule has 4 rings (SSSR count). The van der Waals surface area contributed by atoms with Gasteiger partial charge in [0.15, 0.2) is 0 Å². The molecule has 10 heteroatoms. The number of sulfone groups is 1. The Kier molecular flexibility index (Phi) is 6.64. The molecule has 1 aromatic heterocycles. The van der Waals surface area contributed by atoms with Crippen molar-refractivity contribution in [2.45, 2.75) is 36.7 Å². The van der Waals surface area contributed by atoms with Crippen LogP contribution in [0.2, 0.25) is 0 Å². The van der Waals surface area contributed by atoms with Gasteiger partial charge in [-0.1, -0.05) is 0 Å². The smallest absolute Gasteiger partial charge is 0.261 e. The van der Waals surface area contributed by atoms with Crippen LogP contribution >= 0.6 is 11.8 Å². The van der Waals surface area contributed by atoms with Crippen molar-refractivity contribution in [3.8, 4) is 5.75 Å². The lowest BCUT2D eigenvalue weighted by Gasteiger charge is -2.22. The predicted octanol–water partition coefficient (Wildman–Crippen LogP) is 2.68. The summed E-state index contributed by atoms with van der Waals surface area (Å²) in [6.45, 7) is 1.81. The minimum absolute atomic E-state index is 0.0778. The lowest BCUT2D eigenvalue weighted by atomic mass is 10.0. The maximum absolute atomic E-state index is 14.5. The molecule has 0 aliphatic carbocycles. The molecule has 1 N–H and O–H groups in total. The third-order valence-electron chi connectivity index (χ3n) is 5.57. The maximum atomic E-state index is 14.5. The Morgan fingerprint density at radius 1 is 1.20 bits per heavy atom. The molecule has 0 saturated carbocycles. The van der Waals surface area contributed by atoms with Gasteiger partial charge in [-0.05, 0) is 31.6 Å². The minimum Gasteiger partial charge on any atom is -0.493 e. The Bertz CT molecular complexity index is 1050. The summed E-state index contributed by atoms with van der Waals surface area (Å²) in [4.78, 5) is 19.5. The van der Waals surface area contributed by atoms with Gasteiger partial charge in [-0.25, -0.2) is 17.8 Å². The molecule has 2 fully saturated rings. The Morgan fingerprint density at radius 3 is 2.67 bits per heavy atom. The van der Waals surface area contributed by atoms with Gasteiger partial charge in [0, 0.05) is 30.6 Å². The average Bonchev–Trinajstić information content (AvgIpc) is 2.72. The summed E-state index contributed by atoms with van der Waals surface area (Å²) < 4.78 is 48.7. The molecule has 0 amide bonds. The van der Waals surface area contributed by atoms with Gasteiger partial charge >= 0.3 is 0 Å². The first-order valence-corrected chi connectivity index (χ1v) is 13.0. The van der Waals surface area contributed by atoms with E-state index in [-0.39, 0.29) is 28.3 Å². The molecule has 0 spiro atoms. The molecule has 2 aliphatic heterocycles. The van der Waals surface area contributed by atoms with Crippen molar-refractivity contribution >= 4 is 32.5 Å². The lowest BCUT2D eigenvalue weighted by molar-refractivity contribution is 0.1000. The van der Waals surface area contributed by atoms with Crippen LogP contribution in [-0.2, 0) is 20.3 Å². The summed E-state index contributed by atoms with van der Waals surface area (Å²) in [5.41, 5.74) is -0.230. The van der Waals surface area contributed by atoms with E-state index < -0.39 is 21.2 Å². The maximum Gasteiger partial charge on any atom is 0.261 e. The summed E-state index contributed by atoms with van der Waals surface area (Å²) in [5.74, 6) is 1.12. The van der Waals surface area contributed by atoms with Gasteiger partial charge in [-0.3, -0.25) is 4.79 Å². The molecule has 2 aromatic rings. The van der Waals surface area contributed by atoms with Crippen molar-refractivity contribution in [3.63, 3.8) is 0 Å². The minimum atomic E-state index is -2.93. The molecule has 2 saturated heterocycles. The largest absolute Gasteiger partial charge is 0.493 e. The van der Waals surface area contributed by atoms with E-state index in [2.05, 4.69) is 9.97 Å². The van der Waals surface area contributed by atoms with Gasteiger partial charge in [-0.15, -0.1) is 0 Å². The Morgan fingerprint density at radius 2 is 1.93 bits per heavy atom. The summed E-state index contributed by atoms with van der Waals surface area (Å²) in [5, 5.41) is 0.386. The second-order valence-electron chi connectivity index (χ2n) is 7.84. The van der Waals surface area contributed by atoms with Crippen molar-refractivity contribution in [3.05, 3.63) is 34.1 Å². The van der Waals surface area contributed by atoms with E-state index >= 15 is 0 Å². The first-order valence-electron chi connectivity index (χ1n) is 10.1. The summed E-state index contributed by atoms with van der Waals surface area (Å²) in [6, 6.07) is 2.77. The number of aromatic nitrogens is 2. The molecular formula is C20H25FN2O5S2. The van der Waals surface area contributed by atoms with E-state index in [4.69, 9.17) is 9.47 Å². The van der Waals surface area contributed by atoms with Crippen LogP contribution in [0.4, 0.5) is 4.39 Å². The number of nitrogens with zero attached hydrogens (tertiary/aromatic N) is 1. The number of fused-ring (bicyclic) bond motifs is 1. The third-order valence-corrected chi connectivity index (χ3v) is 8.67. The van der Waals surface area contributed by atoms with Gasteiger partial charge < -0.3 is 14.5 Å². The molecule has 30 heavy (non-hydrogen) atoms. The summed E-state index contributed by atoms with van der Waals surface area (Å²) >= 11 is 1.72. The fourth-order valence-electron chi connectivity index (χ4n) is 3.76. The fraction of sp³-hybridized carbons (Fsp3) is 0.600. The fourth-order valence-corrected chi connectivity index (χ4v) is 6.40. The molecule has 0 bridgehead atoms. The zero-order valence-corrected chi connectivity index (χ0v) is 18.2. The highest BCUT2D eigenvalue weighted by Gasteiger charge is 2.24. The Hall–Kier alpha value is -1.65. The van der Waals surface area contributed by atoms with E-state index in [1.807, 2.05) is 0 Å². The average molecular weight is 457 g/mol. The number of rotatable bonds is 6. The molecule has 3 heterocycles. The standard InChI is InChI=1S/C20H25FN2O5S2/c21-16-9-14(28-11-13-3-7-30(25,26)8-4-13)10-17-19(16)20(24)23-18(22-17)12-29-15-1-5-27-6-2-15/h9-10,13,15H,1-8,11-12H2,(H,22,23,24). The highest BCUT2D eigenvalue weighted by molar-refractivity contribution is 7.99. The molecule has 164 valence electrons. The van der Waals surface area contributed by atoms with E-state index in [9.17, 15) is 17.6 Å². The topological polar surface area (TPSA) is 98.3 Å². The van der Waals surface area contributed by atoms with Crippen molar-refractivity contribution in [2.24, 2.45) is 5.92 Å². The highest BCUT2D eigenvalue weighted by atomic mass is 32.2. The number of H-pyrrole nitrogens is 1. The second-order valence-corrected chi connectivity index (χ2v) is 11.4. The van der Waals surface area contributed by atoms with Gasteiger partial charge in [-0.2, -0.15) is 11.8 Å². The highest BCUT2D eigenvalue weighted by Crippen LogP contribution is 2.27. The number of halogens is 1. The quantitative estimate of drug-likeness (QED) is 0.714. The first-order chi connectivity index (χ1) is 14.4. The van der Waals surface area contributed by atoms with Gasteiger partial charge in [0.2, 0.25) is 0 Å². The number of thioether (sulfide) groups is 1. The molecule has 0 atom stereocenters. The monoisotopic (exact) mass is 456 g/mol. The van der Waals surface area contributed by atoms with Crippen LogP contribution in [0.15, 0.2) is 16.9 Å². The molecule has 2 aliphatic rings. The lowest BCUT2D eigenvalue weighted by Crippen LogP contribution is -2.26. The molecule has 7 nitrogen and oxygen atoms in total. The van der Waals surface area contributed by atoms with E-state index in [1.54, 1.807) is 17.8 Å². The van der Waals surface area contributed by atoms with Crippen molar-refractivity contribution in [1.29, 1.82) is 0 Å². The van der Waals surface area contributed by atoms with Crippen LogP contribution in [0.1, 0.15) is 31.5 Å². The van der Waals surface area contributed by atoms with Crippen molar-refractivity contribution in [2.75, 3.05) is 31.3 Å². The van der Waals surface area contributed by atoms with E-state index in [0.717, 1.165) is 26.1 Å². The zero-order valence-electron chi connectivity index (χ0n) is 16.6. The summed E-state index contributed by atoms with van der Waals surface area (Å²) in [6.07, 6.45) is 3.03. The van der Waals surface area contributed by atoms with Crippen LogP contribution in [0.5, 0.6) is 5.75 Å². The number of aromatic amines is 1. The van der Waals surface area contributed by atoms with Crippen LogP contribution in [-0.4, -0.2) is 55.0 Å². The molecule has 0 radical (unpaired) electrons. The van der Waals surface area contributed by atoms with E-state index in [0.29, 0.717) is 42.0 Å². The molecular weight excluding hydrogens is 431 g/mol. The number of ether oxygens (including phenoxy) is 2. The zero-order chi connectivity index (χ0) is 21.1. The van der Waals surface area contributed by atoms with Crippen LogP contribution < -0.4 is 10.3 Å². The molecule has 1 aromatic carbocycles. The number of hydrogen-bond acceptors (Lipinski definition) is 7. The second kappa shape index (κ2) is 9.23. The molecule has 0 unspecified atom stereocenters. The number of hydrogen-bond donors (Lipinski definition) is 1. The van der Waals surface area contributed by atoms with Crippen LogP contribution in [0.3, 0.4) is 0 Å². The SMILES string of the molecule is O=c1[nH]c(CSC2CCOCC2)nc2cc(OCC3CCS(=O)(=O)CC3)cc(F)c12. The van der Waals surface area contributed by atoms with Gasteiger partial charge in [0.05, 0.1) is 29.4 Å². The van der Waals surface area contributed by atoms with Crippen LogP contribution in [0.25, 0.3) is 10.9 Å². The van der Waals surface area contributed by atoms with Gasteiger partial charge in [0.25, 0.3) is 5.56 Å². The Labute approximate surface area is 178 Å².